The van der Waals surface area contributed by atoms with Gasteiger partial charge < -0.3 is 28.1 Å². The molecule has 8 heteroatoms. The summed E-state index contributed by atoms with van der Waals surface area (Å²) in [4.78, 5) is 0. The van der Waals surface area contributed by atoms with Crippen LogP contribution in [0.3, 0.4) is 0 Å². The van der Waals surface area contributed by atoms with Crippen LogP contribution in [0.25, 0.3) is 10.8 Å². The Balaban J connectivity index is 1.26. The monoisotopic (exact) mass is 584 g/mol. The van der Waals surface area contributed by atoms with Crippen LogP contribution in [0.1, 0.15) is 0 Å². The molecule has 0 saturated carbocycles. The van der Waals surface area contributed by atoms with Crippen molar-refractivity contribution in [3.63, 3.8) is 0 Å². The van der Waals surface area contributed by atoms with E-state index in [9.17, 15) is 0 Å². The number of benzene rings is 6. The van der Waals surface area contributed by atoms with E-state index in [1.807, 2.05) is 109 Å². The SMILES string of the molecule is O=P12c3ccccc3Oc3cccc(c31)Oc1cc3cc4c(cc3cc12)Oc1cccc2c1P4(=O)c1ccccc1O2. The summed E-state index contributed by atoms with van der Waals surface area (Å²) in [5.41, 5.74) is 0. The first kappa shape index (κ1) is 22.9. The van der Waals surface area contributed by atoms with Crippen LogP contribution in [0.2, 0.25) is 0 Å². The van der Waals surface area contributed by atoms with Gasteiger partial charge in [-0.25, -0.2) is 0 Å². The lowest BCUT2D eigenvalue weighted by Gasteiger charge is -2.35. The van der Waals surface area contributed by atoms with Gasteiger partial charge in [0.15, 0.2) is 14.3 Å². The third kappa shape index (κ3) is 2.63. The zero-order valence-corrected chi connectivity index (χ0v) is 23.5. The number of ether oxygens (including phenoxy) is 4. The fourth-order valence-corrected chi connectivity index (χ4v) is 12.9. The van der Waals surface area contributed by atoms with E-state index in [4.69, 9.17) is 18.9 Å². The lowest BCUT2D eigenvalue weighted by molar-refractivity contribution is 0.460. The molecule has 6 aromatic rings. The van der Waals surface area contributed by atoms with Gasteiger partial charge in [0.2, 0.25) is 0 Å². The van der Waals surface area contributed by atoms with Crippen molar-refractivity contribution in [2.45, 2.75) is 0 Å². The summed E-state index contributed by atoms with van der Waals surface area (Å²) in [5.74, 6) is 4.29. The second kappa shape index (κ2) is 7.54. The molecule has 0 saturated heterocycles. The van der Waals surface area contributed by atoms with Gasteiger partial charge in [0, 0.05) is 0 Å². The van der Waals surface area contributed by atoms with Crippen LogP contribution in [0.15, 0.2) is 109 Å². The fourth-order valence-electron chi connectivity index (χ4n) is 6.72. The van der Waals surface area contributed by atoms with E-state index < -0.39 is 14.3 Å². The summed E-state index contributed by atoms with van der Waals surface area (Å²) in [7, 11) is -6.67. The van der Waals surface area contributed by atoms with Crippen LogP contribution in [0.5, 0.6) is 46.0 Å². The van der Waals surface area contributed by atoms with Crippen molar-refractivity contribution in [3.8, 4) is 46.0 Å². The van der Waals surface area contributed by atoms with Gasteiger partial charge in [-0.15, -0.1) is 0 Å². The largest absolute Gasteiger partial charge is 0.456 e. The average molecular weight is 584 g/mol. The van der Waals surface area contributed by atoms with Gasteiger partial charge >= 0.3 is 0 Å². The molecule has 2 unspecified atom stereocenters. The van der Waals surface area contributed by atoms with E-state index in [2.05, 4.69) is 0 Å². The molecule has 6 aromatic carbocycles. The summed E-state index contributed by atoms with van der Waals surface area (Å²) in [6, 6.07) is 33.6. The summed E-state index contributed by atoms with van der Waals surface area (Å²) in [5, 5.41) is 5.27. The van der Waals surface area contributed by atoms with Crippen molar-refractivity contribution in [2.75, 3.05) is 0 Å². The molecule has 0 bridgehead atoms. The zero-order chi connectivity index (χ0) is 27.8. The van der Waals surface area contributed by atoms with Crippen molar-refractivity contribution in [1.82, 2.24) is 0 Å². The van der Waals surface area contributed by atoms with Crippen LogP contribution in [-0.2, 0) is 9.13 Å². The molecular weight excluding hydrogens is 566 g/mol. The lowest BCUT2D eigenvalue weighted by atomic mass is 10.1. The highest BCUT2D eigenvalue weighted by molar-refractivity contribution is 7.86. The molecular formula is C34H18O6P2. The third-order valence-corrected chi connectivity index (χ3v) is 14.8. The minimum Gasteiger partial charge on any atom is -0.456 e. The van der Waals surface area contributed by atoms with Gasteiger partial charge in [0.05, 0.1) is 21.2 Å². The number of para-hydroxylation sites is 2. The van der Waals surface area contributed by atoms with Gasteiger partial charge in [-0.1, -0.05) is 36.4 Å². The Morgan fingerprint density at radius 2 is 0.714 bits per heavy atom. The molecule has 0 aliphatic carbocycles. The Labute approximate surface area is 239 Å². The first-order valence-corrected chi connectivity index (χ1v) is 17.0. The topological polar surface area (TPSA) is 71.1 Å². The highest BCUT2D eigenvalue weighted by atomic mass is 31.2. The Kier molecular flexibility index (Phi) is 4.11. The molecule has 0 radical (unpaired) electrons. The number of fused-ring (bicyclic) bond motifs is 9. The van der Waals surface area contributed by atoms with Gasteiger partial charge in [-0.05, 0) is 83.6 Å². The second-order valence-electron chi connectivity index (χ2n) is 10.8. The van der Waals surface area contributed by atoms with Gasteiger partial charge in [-0.3, -0.25) is 0 Å². The van der Waals surface area contributed by atoms with Crippen LogP contribution in [-0.4, -0.2) is 0 Å². The fraction of sp³-hybridized carbons (Fsp3) is 0. The Morgan fingerprint density at radius 3 is 1.14 bits per heavy atom. The van der Waals surface area contributed by atoms with Crippen LogP contribution < -0.4 is 50.8 Å². The van der Waals surface area contributed by atoms with Gasteiger partial charge in [0.1, 0.15) is 56.6 Å². The van der Waals surface area contributed by atoms with Crippen molar-refractivity contribution >= 4 is 56.9 Å². The predicted octanol–water partition coefficient (Wildman–Crippen LogP) is 6.54. The maximum Gasteiger partial charge on any atom is 0.185 e. The summed E-state index contributed by atoms with van der Waals surface area (Å²) in [6.07, 6.45) is 0. The number of hydrogen-bond donors (Lipinski definition) is 0. The summed E-state index contributed by atoms with van der Waals surface area (Å²) >= 11 is 0. The summed E-state index contributed by atoms with van der Waals surface area (Å²) < 4.78 is 55.8. The molecule has 10 rings (SSSR count). The number of hydrogen-bond acceptors (Lipinski definition) is 6. The Bertz CT molecular complexity index is 2180. The maximum atomic E-state index is 15.3. The molecule has 200 valence electrons. The first-order valence-electron chi connectivity index (χ1n) is 13.5. The van der Waals surface area contributed by atoms with E-state index in [0.717, 1.165) is 10.8 Å². The highest BCUT2D eigenvalue weighted by Gasteiger charge is 2.48. The molecule has 4 aliphatic heterocycles. The lowest BCUT2D eigenvalue weighted by Crippen LogP contribution is -2.35. The van der Waals surface area contributed by atoms with Gasteiger partial charge in [-0.2, -0.15) is 0 Å². The molecule has 6 nitrogen and oxygen atoms in total. The smallest absolute Gasteiger partial charge is 0.185 e. The van der Waals surface area contributed by atoms with Crippen molar-refractivity contribution < 1.29 is 28.1 Å². The zero-order valence-electron chi connectivity index (χ0n) is 21.7. The average Bonchev–Trinajstić information content (AvgIpc) is 3.00. The van der Waals surface area contributed by atoms with Crippen molar-refractivity contribution in [3.05, 3.63) is 109 Å². The number of rotatable bonds is 0. The highest BCUT2D eigenvalue weighted by Crippen LogP contribution is 2.60. The molecule has 0 fully saturated rings. The molecule has 0 spiro atoms. The maximum absolute atomic E-state index is 15.3. The summed E-state index contributed by atoms with van der Waals surface area (Å²) in [6.45, 7) is 0. The van der Waals surface area contributed by atoms with E-state index in [1.54, 1.807) is 0 Å². The molecule has 2 atom stereocenters. The van der Waals surface area contributed by atoms with E-state index >= 15 is 9.13 Å². The van der Waals surface area contributed by atoms with E-state index in [1.165, 1.54) is 0 Å². The van der Waals surface area contributed by atoms with Crippen LogP contribution in [0.4, 0.5) is 0 Å². The van der Waals surface area contributed by atoms with Gasteiger partial charge in [0.25, 0.3) is 0 Å². The molecule has 4 aliphatic rings. The van der Waals surface area contributed by atoms with E-state index in [0.29, 0.717) is 77.8 Å². The van der Waals surface area contributed by atoms with Crippen molar-refractivity contribution in [1.29, 1.82) is 0 Å². The normalized spacial score (nSPS) is 21.0. The Morgan fingerprint density at radius 1 is 0.357 bits per heavy atom. The minimum atomic E-state index is -3.34. The minimum absolute atomic E-state index is 0.510. The molecule has 0 aromatic heterocycles. The van der Waals surface area contributed by atoms with Crippen molar-refractivity contribution in [2.24, 2.45) is 0 Å². The molecule has 4 heterocycles. The molecule has 0 N–H and O–H groups in total. The predicted molar refractivity (Wildman–Crippen MR) is 163 cm³/mol. The van der Waals surface area contributed by atoms with E-state index in [-0.39, 0.29) is 0 Å². The first-order chi connectivity index (χ1) is 20.5. The molecule has 42 heavy (non-hydrogen) atoms. The van der Waals surface area contributed by atoms with Crippen LogP contribution >= 0.6 is 14.3 Å². The standard InChI is InChI=1S/C34H18O6P2/c35-41-29-13-3-1-7-21(29)37-23-9-5-11-25(33(23)41)39-27-15-20-18-32-28(16-19(20)17-31(27)41)40-26-12-6-10-24-34(26)42(32,36)30-14-4-2-8-22(30)38-24/h1-18H. The van der Waals surface area contributed by atoms with Crippen LogP contribution in [0, 0.1) is 0 Å². The second-order valence-corrected chi connectivity index (χ2v) is 16.0. The third-order valence-electron chi connectivity index (χ3n) is 8.52. The quantitative estimate of drug-likeness (QED) is 0.189. The Hall–Kier alpha value is -4.76. The molecule has 0 amide bonds.